The van der Waals surface area contributed by atoms with Crippen molar-refractivity contribution in [1.29, 1.82) is 0 Å². The molecule has 1 aromatic rings. The van der Waals surface area contributed by atoms with Crippen LogP contribution < -0.4 is 0 Å². The van der Waals surface area contributed by atoms with E-state index in [0.717, 1.165) is 0 Å². The van der Waals surface area contributed by atoms with Gasteiger partial charge in [-0.3, -0.25) is 5.10 Å². The second-order valence-corrected chi connectivity index (χ2v) is 3.76. The molecule has 0 radical (unpaired) electrons. The lowest BCUT2D eigenvalue weighted by Crippen LogP contribution is -2.21. The zero-order valence-electron chi connectivity index (χ0n) is 7.85. The quantitative estimate of drug-likeness (QED) is 0.714. The molecule has 0 aliphatic heterocycles. The van der Waals surface area contributed by atoms with E-state index < -0.39 is 0 Å². The number of hydrogen-bond donors (Lipinski definition) is 1. The van der Waals surface area contributed by atoms with E-state index in [9.17, 15) is 0 Å². The van der Waals surface area contributed by atoms with E-state index in [1.807, 2.05) is 6.20 Å². The summed E-state index contributed by atoms with van der Waals surface area (Å²) in [6, 6.07) is 0. The number of hydrogen-bond acceptors (Lipinski definition) is 1. The van der Waals surface area contributed by atoms with Crippen LogP contribution in [0.15, 0.2) is 6.20 Å². The highest BCUT2D eigenvalue weighted by Crippen LogP contribution is 2.42. The van der Waals surface area contributed by atoms with Gasteiger partial charge in [-0.15, -0.1) is 0 Å². The molecule has 1 aromatic heterocycles. The highest BCUT2D eigenvalue weighted by molar-refractivity contribution is 5.31. The number of aromatic amines is 1. The number of aryl methyl sites for hydroxylation is 1. The molecule has 2 heteroatoms. The van der Waals surface area contributed by atoms with E-state index in [4.69, 9.17) is 0 Å². The lowest BCUT2D eigenvalue weighted by Gasteiger charge is -2.25. The minimum absolute atomic E-state index is 0.422. The van der Waals surface area contributed by atoms with Gasteiger partial charge in [-0.05, 0) is 31.2 Å². The summed E-state index contributed by atoms with van der Waals surface area (Å²) in [5.41, 5.74) is 3.28. The molecule has 2 nitrogen and oxygen atoms in total. The minimum Gasteiger partial charge on any atom is -0.282 e. The van der Waals surface area contributed by atoms with E-state index in [0.29, 0.717) is 5.41 Å². The predicted molar refractivity (Wildman–Crippen MR) is 49.2 cm³/mol. The van der Waals surface area contributed by atoms with E-state index in [2.05, 4.69) is 24.0 Å². The average molecular weight is 164 g/mol. The average Bonchev–Trinajstić information content (AvgIpc) is 2.64. The number of fused-ring (bicyclic) bond motifs is 1. The third-order valence-corrected chi connectivity index (χ3v) is 3.47. The van der Waals surface area contributed by atoms with Crippen molar-refractivity contribution in [3.63, 3.8) is 0 Å². The Kier molecular flexibility index (Phi) is 1.71. The Morgan fingerprint density at radius 1 is 1.50 bits per heavy atom. The topological polar surface area (TPSA) is 28.7 Å². The highest BCUT2D eigenvalue weighted by Gasteiger charge is 2.36. The van der Waals surface area contributed by atoms with Crippen LogP contribution in [-0.2, 0) is 11.8 Å². The van der Waals surface area contributed by atoms with Crippen molar-refractivity contribution in [2.75, 3.05) is 0 Å². The van der Waals surface area contributed by atoms with Crippen molar-refractivity contribution >= 4 is 0 Å². The van der Waals surface area contributed by atoms with Gasteiger partial charge in [0.15, 0.2) is 0 Å². The maximum absolute atomic E-state index is 4.11. The van der Waals surface area contributed by atoms with Crippen molar-refractivity contribution < 1.29 is 0 Å². The van der Waals surface area contributed by atoms with Crippen LogP contribution in [0.4, 0.5) is 0 Å². The summed E-state index contributed by atoms with van der Waals surface area (Å²) in [5, 5.41) is 7.27. The van der Waals surface area contributed by atoms with Crippen molar-refractivity contribution in [3.05, 3.63) is 17.5 Å². The first-order valence-electron chi connectivity index (χ1n) is 4.85. The van der Waals surface area contributed by atoms with Gasteiger partial charge < -0.3 is 0 Å². The second kappa shape index (κ2) is 2.61. The molecule has 0 spiro atoms. The fraction of sp³-hybridized carbons (Fsp3) is 0.700. The Hall–Kier alpha value is -0.790. The first-order chi connectivity index (χ1) is 5.82. The molecule has 0 aromatic carbocycles. The maximum atomic E-state index is 4.11. The van der Waals surface area contributed by atoms with Crippen molar-refractivity contribution in [1.82, 2.24) is 10.2 Å². The van der Waals surface area contributed by atoms with Gasteiger partial charge in [0.05, 0.1) is 6.20 Å². The second-order valence-electron chi connectivity index (χ2n) is 3.76. The number of rotatable bonds is 2. The van der Waals surface area contributed by atoms with E-state index in [1.165, 1.54) is 36.9 Å². The van der Waals surface area contributed by atoms with E-state index in [-0.39, 0.29) is 0 Å². The van der Waals surface area contributed by atoms with Gasteiger partial charge in [-0.1, -0.05) is 13.8 Å². The SMILES string of the molecule is CCC1(CC)CCc2cn[nH]c21. The Labute approximate surface area is 73.4 Å². The Balaban J connectivity index is 2.42. The van der Waals surface area contributed by atoms with Crippen LogP contribution in [0.25, 0.3) is 0 Å². The smallest absolute Gasteiger partial charge is 0.0522 e. The third kappa shape index (κ3) is 0.838. The van der Waals surface area contributed by atoms with Gasteiger partial charge >= 0.3 is 0 Å². The summed E-state index contributed by atoms with van der Waals surface area (Å²) in [7, 11) is 0. The van der Waals surface area contributed by atoms with Gasteiger partial charge in [0, 0.05) is 11.1 Å². The molecular weight excluding hydrogens is 148 g/mol. The lowest BCUT2D eigenvalue weighted by atomic mass is 9.80. The molecule has 66 valence electrons. The molecule has 1 aliphatic rings. The fourth-order valence-electron chi connectivity index (χ4n) is 2.42. The van der Waals surface area contributed by atoms with Crippen LogP contribution in [0.2, 0.25) is 0 Å². The van der Waals surface area contributed by atoms with Gasteiger partial charge in [0.2, 0.25) is 0 Å². The zero-order valence-corrected chi connectivity index (χ0v) is 7.85. The summed E-state index contributed by atoms with van der Waals surface area (Å²) in [6.45, 7) is 4.55. The maximum Gasteiger partial charge on any atom is 0.0522 e. The van der Waals surface area contributed by atoms with E-state index in [1.54, 1.807) is 0 Å². The van der Waals surface area contributed by atoms with Crippen LogP contribution in [0, 0.1) is 0 Å². The summed E-state index contributed by atoms with van der Waals surface area (Å²) >= 11 is 0. The summed E-state index contributed by atoms with van der Waals surface area (Å²) in [4.78, 5) is 0. The summed E-state index contributed by atoms with van der Waals surface area (Å²) in [6.07, 6.45) is 6.98. The largest absolute Gasteiger partial charge is 0.282 e. The molecule has 2 rings (SSSR count). The molecule has 0 atom stereocenters. The number of nitrogens with one attached hydrogen (secondary N) is 1. The molecule has 1 aliphatic carbocycles. The minimum atomic E-state index is 0.422. The Bertz CT molecular complexity index is 271. The molecular formula is C10H16N2. The van der Waals surface area contributed by atoms with Crippen LogP contribution >= 0.6 is 0 Å². The zero-order chi connectivity index (χ0) is 8.60. The van der Waals surface area contributed by atoms with Crippen LogP contribution in [-0.4, -0.2) is 10.2 Å². The monoisotopic (exact) mass is 164 g/mol. The van der Waals surface area contributed by atoms with Crippen molar-refractivity contribution in [2.45, 2.75) is 44.9 Å². The lowest BCUT2D eigenvalue weighted by molar-refractivity contribution is 0.382. The molecule has 0 amide bonds. The number of H-pyrrole nitrogens is 1. The van der Waals surface area contributed by atoms with Crippen molar-refractivity contribution in [2.24, 2.45) is 0 Å². The molecule has 0 saturated heterocycles. The molecule has 12 heavy (non-hydrogen) atoms. The standard InChI is InChI=1S/C10H16N2/c1-3-10(4-2)6-5-8-7-11-12-9(8)10/h7H,3-6H2,1-2H3,(H,11,12). The molecule has 0 saturated carbocycles. The van der Waals surface area contributed by atoms with Crippen molar-refractivity contribution in [3.8, 4) is 0 Å². The number of nitrogens with zero attached hydrogens (tertiary/aromatic N) is 1. The summed E-state index contributed by atoms with van der Waals surface area (Å²) in [5.74, 6) is 0. The first-order valence-corrected chi connectivity index (χ1v) is 4.85. The van der Waals surface area contributed by atoms with Gasteiger partial charge in [-0.2, -0.15) is 5.10 Å². The molecule has 0 fully saturated rings. The normalized spacial score (nSPS) is 19.5. The van der Waals surface area contributed by atoms with Gasteiger partial charge in [0.25, 0.3) is 0 Å². The summed E-state index contributed by atoms with van der Waals surface area (Å²) < 4.78 is 0. The predicted octanol–water partition coefficient (Wildman–Crippen LogP) is 2.41. The third-order valence-electron chi connectivity index (χ3n) is 3.47. The van der Waals surface area contributed by atoms with Crippen LogP contribution in [0.1, 0.15) is 44.4 Å². The molecule has 1 heterocycles. The first kappa shape index (κ1) is 7.84. The van der Waals surface area contributed by atoms with Gasteiger partial charge in [-0.25, -0.2) is 0 Å². The molecule has 0 unspecified atom stereocenters. The molecule has 1 N–H and O–H groups in total. The highest BCUT2D eigenvalue weighted by atomic mass is 15.1. The Morgan fingerprint density at radius 3 is 2.92 bits per heavy atom. The Morgan fingerprint density at radius 2 is 2.25 bits per heavy atom. The molecule has 0 bridgehead atoms. The fourth-order valence-corrected chi connectivity index (χ4v) is 2.42. The van der Waals surface area contributed by atoms with Crippen LogP contribution in [0.3, 0.4) is 0 Å². The van der Waals surface area contributed by atoms with Crippen LogP contribution in [0.5, 0.6) is 0 Å². The van der Waals surface area contributed by atoms with Gasteiger partial charge in [0.1, 0.15) is 0 Å². The van der Waals surface area contributed by atoms with E-state index >= 15 is 0 Å². The number of aromatic nitrogens is 2.